The van der Waals surface area contributed by atoms with Gasteiger partial charge < -0.3 is 10.8 Å². The molecule has 2 heterocycles. The number of carbonyl (C=O) groups is 1. The first kappa shape index (κ1) is 13.0. The van der Waals surface area contributed by atoms with Crippen LogP contribution < -0.4 is 11.2 Å². The topological polar surface area (TPSA) is 113 Å². The summed E-state index contributed by atoms with van der Waals surface area (Å²) in [5.74, 6) is -0.142. The Balaban J connectivity index is 2.32. The van der Waals surface area contributed by atoms with Crippen LogP contribution in [-0.4, -0.2) is 26.8 Å². The molecule has 2 aromatic rings. The number of hydrogen-bond acceptors (Lipinski definition) is 6. The summed E-state index contributed by atoms with van der Waals surface area (Å²) in [4.78, 5) is 19.1. The molecule has 0 bridgehead atoms. The number of hydrogen-bond donors (Lipinski definition) is 3. The molecule has 0 aromatic carbocycles. The van der Waals surface area contributed by atoms with Crippen LogP contribution in [0.1, 0.15) is 11.8 Å². The summed E-state index contributed by atoms with van der Waals surface area (Å²) in [7, 11) is 0. The quantitative estimate of drug-likeness (QED) is 0.579. The van der Waals surface area contributed by atoms with Crippen molar-refractivity contribution in [2.24, 2.45) is 10.8 Å². The normalized spacial score (nSPS) is 11.3. The van der Waals surface area contributed by atoms with Gasteiger partial charge in [0.25, 0.3) is 0 Å². The lowest BCUT2D eigenvalue weighted by Gasteiger charge is -1.96. The fraction of sp³-hybridized carbons (Fsp3) is 0.0909. The molecule has 0 atom stereocenters. The molecule has 2 aromatic heterocycles. The molecular weight excluding hydrogens is 266 g/mol. The molecule has 98 valence electrons. The highest BCUT2D eigenvalue weighted by Gasteiger charge is 2.14. The zero-order chi connectivity index (χ0) is 13.8. The fourth-order valence-corrected chi connectivity index (χ4v) is 2.24. The first-order valence-corrected chi connectivity index (χ1v) is 6.10. The molecular formula is C11H11N5O2S. The van der Waals surface area contributed by atoms with Crippen LogP contribution >= 0.6 is 11.3 Å². The van der Waals surface area contributed by atoms with Gasteiger partial charge in [0, 0.05) is 18.0 Å². The molecule has 19 heavy (non-hydrogen) atoms. The summed E-state index contributed by atoms with van der Waals surface area (Å²) in [5, 5.41) is 14.2. The van der Waals surface area contributed by atoms with Gasteiger partial charge in [-0.25, -0.2) is 15.2 Å². The lowest BCUT2D eigenvalue weighted by Crippen LogP contribution is -2.25. The number of thiazole rings is 1. The Kier molecular flexibility index (Phi) is 3.71. The minimum absolute atomic E-state index is 0.142. The summed E-state index contributed by atoms with van der Waals surface area (Å²) in [5.41, 5.74) is 8.23. The Morgan fingerprint density at radius 3 is 3.00 bits per heavy atom. The Labute approximate surface area is 112 Å². The van der Waals surface area contributed by atoms with Crippen molar-refractivity contribution in [2.75, 3.05) is 0 Å². The summed E-state index contributed by atoms with van der Waals surface area (Å²) in [6.07, 6.45) is 3.30. The number of hydrazone groups is 1. The van der Waals surface area contributed by atoms with E-state index >= 15 is 0 Å². The Hall–Kier alpha value is -2.48. The van der Waals surface area contributed by atoms with Crippen LogP contribution in [0.4, 0.5) is 4.79 Å². The molecule has 0 spiro atoms. The van der Waals surface area contributed by atoms with Crippen LogP contribution in [0.25, 0.3) is 10.6 Å². The van der Waals surface area contributed by atoms with Crippen molar-refractivity contribution in [1.29, 1.82) is 0 Å². The third-order valence-electron chi connectivity index (χ3n) is 2.18. The van der Waals surface area contributed by atoms with E-state index in [1.165, 1.54) is 11.3 Å². The SMILES string of the molecule is C/C(=N\NC(N)=O)c1sc(-c2cccnc2)nc1O. The van der Waals surface area contributed by atoms with Gasteiger partial charge in [-0.2, -0.15) is 5.10 Å². The highest BCUT2D eigenvalue weighted by Crippen LogP contribution is 2.31. The second-order valence-electron chi connectivity index (χ2n) is 3.59. The lowest BCUT2D eigenvalue weighted by atomic mass is 10.3. The molecule has 8 heteroatoms. The zero-order valence-electron chi connectivity index (χ0n) is 9.99. The molecule has 0 saturated heterocycles. The number of nitrogens with zero attached hydrogens (tertiary/aromatic N) is 3. The number of primary amides is 1. The van der Waals surface area contributed by atoms with E-state index in [1.807, 2.05) is 6.07 Å². The van der Waals surface area contributed by atoms with Gasteiger partial charge in [-0.15, -0.1) is 11.3 Å². The van der Waals surface area contributed by atoms with Crippen molar-refractivity contribution in [3.05, 3.63) is 29.4 Å². The van der Waals surface area contributed by atoms with Crippen molar-refractivity contribution in [3.8, 4) is 16.5 Å². The molecule has 0 saturated carbocycles. The first-order chi connectivity index (χ1) is 9.08. The Morgan fingerprint density at radius 1 is 1.58 bits per heavy atom. The number of rotatable bonds is 3. The van der Waals surface area contributed by atoms with Crippen LogP contribution in [0.3, 0.4) is 0 Å². The number of urea groups is 1. The van der Waals surface area contributed by atoms with Gasteiger partial charge in [0.05, 0.1) is 5.71 Å². The van der Waals surface area contributed by atoms with Crippen molar-refractivity contribution < 1.29 is 9.90 Å². The van der Waals surface area contributed by atoms with E-state index < -0.39 is 6.03 Å². The van der Waals surface area contributed by atoms with Gasteiger partial charge in [0.15, 0.2) is 0 Å². The maximum Gasteiger partial charge on any atom is 0.332 e. The smallest absolute Gasteiger partial charge is 0.332 e. The van der Waals surface area contributed by atoms with Crippen LogP contribution in [0.2, 0.25) is 0 Å². The predicted molar refractivity (Wildman–Crippen MR) is 71.9 cm³/mol. The average molecular weight is 277 g/mol. The third-order valence-corrected chi connectivity index (χ3v) is 3.38. The average Bonchev–Trinajstić information content (AvgIpc) is 2.79. The largest absolute Gasteiger partial charge is 0.492 e. The standard InChI is InChI=1S/C11H11N5O2S/c1-6(15-16-11(12)18)8-9(17)14-10(19-8)7-3-2-4-13-5-7/h2-5,17H,1H3,(H3,12,16,18)/b15-6+. The van der Waals surface area contributed by atoms with E-state index in [4.69, 9.17) is 5.73 Å². The molecule has 0 unspecified atom stereocenters. The minimum Gasteiger partial charge on any atom is -0.492 e. The number of nitrogens with two attached hydrogens (primary N) is 1. The summed E-state index contributed by atoms with van der Waals surface area (Å²) in [6, 6.07) is 2.85. The van der Waals surface area contributed by atoms with Crippen molar-refractivity contribution in [2.45, 2.75) is 6.92 Å². The summed E-state index contributed by atoms with van der Waals surface area (Å²) in [6.45, 7) is 1.64. The molecule has 0 aliphatic carbocycles. The van der Waals surface area contributed by atoms with E-state index in [0.29, 0.717) is 15.6 Å². The number of amides is 2. The van der Waals surface area contributed by atoms with E-state index in [2.05, 4.69) is 20.5 Å². The van der Waals surface area contributed by atoms with Crippen LogP contribution in [0, 0.1) is 0 Å². The van der Waals surface area contributed by atoms with Crippen molar-refractivity contribution in [1.82, 2.24) is 15.4 Å². The minimum atomic E-state index is -0.768. The van der Waals surface area contributed by atoms with E-state index in [9.17, 15) is 9.90 Å². The number of pyridine rings is 1. The van der Waals surface area contributed by atoms with Crippen molar-refractivity contribution in [3.63, 3.8) is 0 Å². The van der Waals surface area contributed by atoms with Crippen molar-refractivity contribution >= 4 is 23.1 Å². The Morgan fingerprint density at radius 2 is 2.37 bits per heavy atom. The van der Waals surface area contributed by atoms with Gasteiger partial charge >= 0.3 is 6.03 Å². The first-order valence-electron chi connectivity index (χ1n) is 5.28. The summed E-state index contributed by atoms with van der Waals surface area (Å²) < 4.78 is 0. The van der Waals surface area contributed by atoms with Gasteiger partial charge in [0.2, 0.25) is 5.88 Å². The number of aromatic nitrogens is 2. The number of aromatic hydroxyl groups is 1. The van der Waals surface area contributed by atoms with E-state index in [0.717, 1.165) is 5.56 Å². The summed E-state index contributed by atoms with van der Waals surface area (Å²) >= 11 is 1.25. The molecule has 0 aliphatic heterocycles. The van der Waals surface area contributed by atoms with E-state index in [1.54, 1.807) is 25.4 Å². The van der Waals surface area contributed by atoms with Crippen LogP contribution in [0.15, 0.2) is 29.6 Å². The zero-order valence-corrected chi connectivity index (χ0v) is 10.8. The molecule has 2 rings (SSSR count). The van der Waals surface area contributed by atoms with Gasteiger partial charge in [0.1, 0.15) is 9.88 Å². The second-order valence-corrected chi connectivity index (χ2v) is 4.59. The van der Waals surface area contributed by atoms with Crippen LogP contribution in [-0.2, 0) is 0 Å². The molecule has 7 nitrogen and oxygen atoms in total. The maximum absolute atomic E-state index is 10.6. The third kappa shape index (κ3) is 3.05. The van der Waals surface area contributed by atoms with Crippen LogP contribution in [0.5, 0.6) is 5.88 Å². The molecule has 0 fully saturated rings. The second kappa shape index (κ2) is 5.44. The number of carbonyl (C=O) groups excluding carboxylic acids is 1. The molecule has 4 N–H and O–H groups in total. The van der Waals surface area contributed by atoms with E-state index in [-0.39, 0.29) is 5.88 Å². The Bertz CT molecular complexity index is 623. The highest BCUT2D eigenvalue weighted by molar-refractivity contribution is 7.17. The fourth-order valence-electron chi connectivity index (χ4n) is 1.35. The monoisotopic (exact) mass is 277 g/mol. The van der Waals surface area contributed by atoms with Gasteiger partial charge in [-0.1, -0.05) is 0 Å². The molecule has 0 radical (unpaired) electrons. The molecule has 0 aliphatic rings. The highest BCUT2D eigenvalue weighted by atomic mass is 32.1. The predicted octanol–water partition coefficient (Wildman–Crippen LogP) is 1.30. The van der Waals surface area contributed by atoms with Gasteiger partial charge in [-0.05, 0) is 19.1 Å². The maximum atomic E-state index is 10.6. The van der Waals surface area contributed by atoms with Gasteiger partial charge in [-0.3, -0.25) is 4.98 Å². The molecule has 2 amide bonds. The number of nitrogens with one attached hydrogen (secondary N) is 1. The lowest BCUT2D eigenvalue weighted by molar-refractivity contribution is 0.249.